The lowest BCUT2D eigenvalue weighted by molar-refractivity contribution is 1.15. The fourth-order valence-corrected chi connectivity index (χ4v) is 0.579. The molecule has 1 rings (SSSR count). The molecule has 0 unspecified atom stereocenters. The highest BCUT2D eigenvalue weighted by atomic mass is 32.1. The Morgan fingerprint density at radius 2 is 1.45 bits per heavy atom. The van der Waals surface area contributed by atoms with Gasteiger partial charge in [-0.15, -0.1) is 0 Å². The molecule has 0 bridgehead atoms. The molecule has 58 valence electrons. The molecule has 0 heterocycles. The molecule has 1 nitrogen and oxygen atoms in total. The second-order valence-corrected chi connectivity index (χ2v) is 1.90. The third-order valence-corrected chi connectivity index (χ3v) is 1.02. The average Bonchev–Trinajstić information content (AvgIpc) is 2.10. The molecule has 0 amide bonds. The lowest BCUT2D eigenvalue weighted by Crippen LogP contribution is -1.57. The van der Waals surface area contributed by atoms with Gasteiger partial charge in [-0.25, -0.2) is 4.99 Å². The van der Waals surface area contributed by atoms with Gasteiger partial charge in [0.2, 0.25) is 0 Å². The summed E-state index contributed by atoms with van der Waals surface area (Å²) in [5.41, 5.74) is 0. The van der Waals surface area contributed by atoms with Crippen molar-refractivity contribution in [2.75, 3.05) is 6.54 Å². The molecule has 0 saturated heterocycles. The van der Waals surface area contributed by atoms with E-state index < -0.39 is 0 Å². The van der Waals surface area contributed by atoms with Crippen molar-refractivity contribution in [2.45, 2.75) is 6.92 Å². The Balaban J connectivity index is 0.000000187. The average molecular weight is 165 g/mol. The zero-order chi connectivity index (χ0) is 8.36. The van der Waals surface area contributed by atoms with Gasteiger partial charge in [0.05, 0.1) is 5.16 Å². The summed E-state index contributed by atoms with van der Waals surface area (Å²) in [5, 5.41) is 2.23. The summed E-state index contributed by atoms with van der Waals surface area (Å²) in [7, 11) is 0. The summed E-state index contributed by atoms with van der Waals surface area (Å²) in [5.74, 6) is 0. The molecule has 0 spiro atoms. The van der Waals surface area contributed by atoms with Crippen LogP contribution in [-0.4, -0.2) is 11.7 Å². The molecule has 11 heavy (non-hydrogen) atoms. The largest absolute Gasteiger partial charge is 0.233 e. The van der Waals surface area contributed by atoms with Gasteiger partial charge in [-0.2, -0.15) is 0 Å². The summed E-state index contributed by atoms with van der Waals surface area (Å²) in [6, 6.07) is 12.0. The number of hydrogen-bond acceptors (Lipinski definition) is 2. The van der Waals surface area contributed by atoms with Crippen LogP contribution in [-0.2, 0) is 0 Å². The van der Waals surface area contributed by atoms with Crippen LogP contribution in [0.1, 0.15) is 6.92 Å². The molecule has 0 aliphatic carbocycles. The van der Waals surface area contributed by atoms with Crippen molar-refractivity contribution in [1.82, 2.24) is 0 Å². The number of nitrogens with zero attached hydrogens (tertiary/aromatic N) is 1. The topological polar surface area (TPSA) is 12.4 Å². The Labute approximate surface area is 72.8 Å². The number of isothiocyanates is 1. The molecule has 1 aromatic carbocycles. The fourth-order valence-electron chi connectivity index (χ4n) is 0.449. The van der Waals surface area contributed by atoms with Gasteiger partial charge in [0.15, 0.2) is 0 Å². The van der Waals surface area contributed by atoms with Crippen LogP contribution in [0.15, 0.2) is 41.4 Å². The zero-order valence-corrected chi connectivity index (χ0v) is 7.34. The van der Waals surface area contributed by atoms with Crippen LogP contribution in [0.5, 0.6) is 0 Å². The van der Waals surface area contributed by atoms with Crippen LogP contribution in [0.4, 0.5) is 0 Å². The van der Waals surface area contributed by atoms with Crippen molar-refractivity contribution >= 4 is 17.4 Å². The maximum Gasteiger partial charge on any atom is 0.0584 e. The second-order valence-electron chi connectivity index (χ2n) is 1.72. The van der Waals surface area contributed by atoms with Crippen molar-refractivity contribution in [3.05, 3.63) is 36.4 Å². The predicted molar refractivity (Wildman–Crippen MR) is 52.0 cm³/mol. The predicted octanol–water partition coefficient (Wildman–Crippen LogP) is 2.80. The van der Waals surface area contributed by atoms with Gasteiger partial charge in [-0.1, -0.05) is 36.4 Å². The quantitative estimate of drug-likeness (QED) is 0.460. The molecule has 0 aliphatic heterocycles. The molecule has 0 aromatic heterocycles. The lowest BCUT2D eigenvalue weighted by atomic mass is 10.4. The second kappa shape index (κ2) is 9.02. The summed E-state index contributed by atoms with van der Waals surface area (Å²) in [4.78, 5) is 3.54. The lowest BCUT2D eigenvalue weighted by Gasteiger charge is -1.69. The summed E-state index contributed by atoms with van der Waals surface area (Å²) in [6.45, 7) is 2.67. The summed E-state index contributed by atoms with van der Waals surface area (Å²) < 4.78 is 0. The Kier molecular flexibility index (Phi) is 8.22. The molecule has 0 aliphatic rings. The Hall–Kier alpha value is -0.980. The van der Waals surface area contributed by atoms with E-state index in [-0.39, 0.29) is 0 Å². The number of thiocarbonyl (C=S) groups is 1. The van der Waals surface area contributed by atoms with Crippen molar-refractivity contribution in [1.29, 1.82) is 0 Å². The molecule has 0 saturated carbocycles. The van der Waals surface area contributed by atoms with Crippen molar-refractivity contribution in [2.24, 2.45) is 4.99 Å². The standard InChI is InChI=1S/C6H6.C3H5NS/c1-2-4-6-5-3-1;1-2-4-3-5/h1-6H;2H2,1H3. The molecular formula is C9H11NS. The van der Waals surface area contributed by atoms with Gasteiger partial charge in [-0.3, -0.25) is 0 Å². The Morgan fingerprint density at radius 1 is 1.09 bits per heavy atom. The van der Waals surface area contributed by atoms with Crippen LogP contribution in [0.3, 0.4) is 0 Å². The van der Waals surface area contributed by atoms with E-state index in [2.05, 4.69) is 22.4 Å². The van der Waals surface area contributed by atoms with Crippen molar-refractivity contribution in [3.8, 4) is 0 Å². The normalized spacial score (nSPS) is 7.00. The van der Waals surface area contributed by atoms with Crippen LogP contribution >= 0.6 is 12.2 Å². The highest BCUT2D eigenvalue weighted by molar-refractivity contribution is 7.78. The van der Waals surface area contributed by atoms with Gasteiger partial charge in [0, 0.05) is 6.54 Å². The number of rotatable bonds is 1. The Morgan fingerprint density at radius 3 is 1.55 bits per heavy atom. The summed E-state index contributed by atoms with van der Waals surface area (Å²) >= 11 is 4.23. The SMILES string of the molecule is CCN=C=S.c1ccccc1. The maximum absolute atomic E-state index is 4.23. The van der Waals surface area contributed by atoms with Gasteiger partial charge in [0.1, 0.15) is 0 Å². The first-order chi connectivity index (χ1) is 5.41. The molecule has 1 aromatic rings. The van der Waals surface area contributed by atoms with Crippen LogP contribution < -0.4 is 0 Å². The van der Waals surface area contributed by atoms with E-state index in [1.165, 1.54) is 0 Å². The van der Waals surface area contributed by atoms with Crippen molar-refractivity contribution < 1.29 is 0 Å². The van der Waals surface area contributed by atoms with E-state index in [0.29, 0.717) is 0 Å². The Bertz CT molecular complexity index is 175. The molecule has 0 radical (unpaired) electrons. The molecule has 0 fully saturated rings. The first-order valence-electron chi connectivity index (χ1n) is 3.45. The van der Waals surface area contributed by atoms with Crippen LogP contribution in [0, 0.1) is 0 Å². The van der Waals surface area contributed by atoms with Gasteiger partial charge < -0.3 is 0 Å². The van der Waals surface area contributed by atoms with E-state index in [1.807, 2.05) is 43.3 Å². The van der Waals surface area contributed by atoms with Gasteiger partial charge in [-0.05, 0) is 19.1 Å². The minimum atomic E-state index is 0.753. The van der Waals surface area contributed by atoms with E-state index >= 15 is 0 Å². The van der Waals surface area contributed by atoms with Crippen LogP contribution in [0.25, 0.3) is 0 Å². The smallest absolute Gasteiger partial charge is 0.0584 e. The van der Waals surface area contributed by atoms with Gasteiger partial charge in [0.25, 0.3) is 0 Å². The fraction of sp³-hybridized carbons (Fsp3) is 0.222. The molecule has 2 heteroatoms. The third kappa shape index (κ3) is 9.02. The highest BCUT2D eigenvalue weighted by Gasteiger charge is 1.57. The molecule has 0 N–H and O–H groups in total. The summed E-state index contributed by atoms with van der Waals surface area (Å²) in [6.07, 6.45) is 0. The number of hydrogen-bond donors (Lipinski definition) is 0. The highest BCUT2D eigenvalue weighted by Crippen LogP contribution is 1.79. The first-order valence-corrected chi connectivity index (χ1v) is 3.86. The third-order valence-electron chi connectivity index (χ3n) is 0.889. The van der Waals surface area contributed by atoms with E-state index in [4.69, 9.17) is 0 Å². The minimum absolute atomic E-state index is 0.753. The van der Waals surface area contributed by atoms with Crippen molar-refractivity contribution in [3.63, 3.8) is 0 Å². The number of benzene rings is 1. The first kappa shape index (κ1) is 10.0. The minimum Gasteiger partial charge on any atom is -0.233 e. The maximum atomic E-state index is 4.23. The van der Waals surface area contributed by atoms with Crippen LogP contribution in [0.2, 0.25) is 0 Å². The molecule has 0 atom stereocenters. The zero-order valence-electron chi connectivity index (χ0n) is 6.53. The van der Waals surface area contributed by atoms with E-state index in [9.17, 15) is 0 Å². The monoisotopic (exact) mass is 165 g/mol. The molecular weight excluding hydrogens is 154 g/mol. The van der Waals surface area contributed by atoms with Gasteiger partial charge >= 0.3 is 0 Å². The van der Waals surface area contributed by atoms with E-state index in [1.54, 1.807) is 0 Å². The number of aliphatic imine (C=N–C) groups is 1. The van der Waals surface area contributed by atoms with E-state index in [0.717, 1.165) is 6.54 Å².